The highest BCUT2D eigenvalue weighted by atomic mass is 19.1. The molecule has 1 atom stereocenters. The first-order chi connectivity index (χ1) is 14.0. The fraction of sp³-hybridized carbons (Fsp3) is 0.429. The van der Waals surface area contributed by atoms with E-state index >= 15 is 0 Å². The molecule has 1 unspecified atom stereocenters. The van der Waals surface area contributed by atoms with E-state index in [-0.39, 0.29) is 25.0 Å². The molecule has 7 nitrogen and oxygen atoms in total. The summed E-state index contributed by atoms with van der Waals surface area (Å²) in [6.45, 7) is 9.71. The summed E-state index contributed by atoms with van der Waals surface area (Å²) in [7, 11) is 0. The Balaban J connectivity index is 2.08. The fourth-order valence-electron chi connectivity index (χ4n) is 3.63. The number of nitrogens with zero attached hydrogens (tertiary/aromatic N) is 2. The number of hydrogen-bond acceptors (Lipinski definition) is 5. The molecule has 0 radical (unpaired) electrons. The Morgan fingerprint density at radius 3 is 2.62 bits per heavy atom. The molecule has 1 aromatic rings. The molecule has 2 aliphatic heterocycles. The molecule has 2 aliphatic rings. The maximum atomic E-state index is 13.4. The van der Waals surface area contributed by atoms with E-state index < -0.39 is 12.0 Å². The second-order valence-electron chi connectivity index (χ2n) is 6.94. The van der Waals surface area contributed by atoms with Gasteiger partial charge in [0.1, 0.15) is 5.82 Å². The number of piperazine rings is 1. The highest BCUT2D eigenvalue weighted by molar-refractivity contribution is 5.95. The zero-order valence-corrected chi connectivity index (χ0v) is 16.6. The third-order valence-electron chi connectivity index (χ3n) is 5.03. The summed E-state index contributed by atoms with van der Waals surface area (Å²) in [6, 6.07) is 4.75. The van der Waals surface area contributed by atoms with E-state index in [1.165, 1.54) is 17.0 Å². The van der Waals surface area contributed by atoms with E-state index in [0.29, 0.717) is 23.4 Å². The molecule has 1 saturated heterocycles. The molecule has 3 rings (SSSR count). The highest BCUT2D eigenvalue weighted by Gasteiger charge is 2.38. The first kappa shape index (κ1) is 21.0. The number of halogens is 1. The summed E-state index contributed by atoms with van der Waals surface area (Å²) >= 11 is 0. The van der Waals surface area contributed by atoms with Gasteiger partial charge < -0.3 is 15.4 Å². The minimum atomic E-state index is -0.707. The molecule has 29 heavy (non-hydrogen) atoms. The van der Waals surface area contributed by atoms with Gasteiger partial charge in [-0.2, -0.15) is 0 Å². The maximum Gasteiger partial charge on any atom is 0.338 e. The van der Waals surface area contributed by atoms with Crippen LogP contribution in [0.15, 0.2) is 48.2 Å². The van der Waals surface area contributed by atoms with E-state index in [9.17, 15) is 14.0 Å². The predicted molar refractivity (Wildman–Crippen MR) is 108 cm³/mol. The quantitative estimate of drug-likeness (QED) is 0.538. The molecule has 2 heterocycles. The Hall–Kier alpha value is -2.71. The zero-order chi connectivity index (χ0) is 20.8. The lowest BCUT2D eigenvalue weighted by Gasteiger charge is -2.39. The number of amides is 2. The monoisotopic (exact) mass is 402 g/mol. The zero-order valence-electron chi connectivity index (χ0n) is 16.6. The first-order valence-electron chi connectivity index (χ1n) is 9.82. The Kier molecular flexibility index (Phi) is 7.00. The average molecular weight is 402 g/mol. The van der Waals surface area contributed by atoms with E-state index in [4.69, 9.17) is 4.74 Å². The summed E-state index contributed by atoms with van der Waals surface area (Å²) in [5.41, 5.74) is 1.60. The molecule has 8 heteroatoms. The van der Waals surface area contributed by atoms with Gasteiger partial charge in [-0.1, -0.05) is 18.2 Å². The number of urea groups is 1. The normalized spacial score (nSPS) is 20.4. The van der Waals surface area contributed by atoms with Crippen LogP contribution in [-0.2, 0) is 9.53 Å². The molecule has 2 N–H and O–H groups in total. The minimum absolute atomic E-state index is 0.217. The van der Waals surface area contributed by atoms with Crippen molar-refractivity contribution in [2.45, 2.75) is 13.0 Å². The van der Waals surface area contributed by atoms with Gasteiger partial charge in [0.05, 0.1) is 18.2 Å². The second-order valence-corrected chi connectivity index (χ2v) is 6.94. The number of rotatable bonds is 7. The van der Waals surface area contributed by atoms with Crippen molar-refractivity contribution in [2.24, 2.45) is 0 Å². The SMILES string of the molecule is C=CCN1C(=O)NC(c2ccc(F)cc2)C(C(=O)OCC)=C1CN1CCNCC1. The van der Waals surface area contributed by atoms with Crippen LogP contribution in [0.5, 0.6) is 0 Å². The maximum absolute atomic E-state index is 13.4. The molecule has 1 fully saturated rings. The third kappa shape index (κ3) is 4.83. The molecule has 0 aliphatic carbocycles. The van der Waals surface area contributed by atoms with Crippen molar-refractivity contribution >= 4 is 12.0 Å². The predicted octanol–water partition coefficient (Wildman–Crippen LogP) is 1.80. The molecular weight excluding hydrogens is 375 g/mol. The van der Waals surface area contributed by atoms with Crippen LogP contribution in [-0.4, -0.2) is 67.7 Å². The summed E-state index contributed by atoms with van der Waals surface area (Å²) in [5, 5.41) is 6.17. The van der Waals surface area contributed by atoms with Crippen LogP contribution in [0.4, 0.5) is 9.18 Å². The Morgan fingerprint density at radius 2 is 2.00 bits per heavy atom. The van der Waals surface area contributed by atoms with Crippen molar-refractivity contribution in [2.75, 3.05) is 45.9 Å². The van der Waals surface area contributed by atoms with E-state index in [1.54, 1.807) is 25.1 Å². The van der Waals surface area contributed by atoms with Crippen molar-refractivity contribution < 1.29 is 18.7 Å². The van der Waals surface area contributed by atoms with Gasteiger partial charge in [-0.3, -0.25) is 9.80 Å². The number of carbonyl (C=O) groups is 2. The first-order valence-corrected chi connectivity index (χ1v) is 9.82. The van der Waals surface area contributed by atoms with E-state index in [0.717, 1.165) is 26.2 Å². The van der Waals surface area contributed by atoms with Crippen LogP contribution in [0.2, 0.25) is 0 Å². The van der Waals surface area contributed by atoms with Gasteiger partial charge in [0.25, 0.3) is 0 Å². The standard InChI is InChI=1S/C21H27FN4O3/c1-3-11-26-17(14-25-12-9-23-10-13-25)18(20(27)29-4-2)19(24-21(26)28)15-5-7-16(22)8-6-15/h3,5-8,19,23H,1,4,9-14H2,2H3,(H,24,28). The largest absolute Gasteiger partial charge is 0.463 e. The van der Waals surface area contributed by atoms with Crippen LogP contribution >= 0.6 is 0 Å². The molecule has 0 bridgehead atoms. The van der Waals surface area contributed by atoms with Crippen LogP contribution in [0.25, 0.3) is 0 Å². The second kappa shape index (κ2) is 9.67. The molecule has 0 spiro atoms. The molecule has 2 amide bonds. The van der Waals surface area contributed by atoms with Crippen LogP contribution in [0.1, 0.15) is 18.5 Å². The van der Waals surface area contributed by atoms with Crippen molar-refractivity contribution in [3.63, 3.8) is 0 Å². The minimum Gasteiger partial charge on any atom is -0.463 e. The van der Waals surface area contributed by atoms with Crippen molar-refractivity contribution in [3.8, 4) is 0 Å². The third-order valence-corrected chi connectivity index (χ3v) is 5.03. The molecule has 0 aromatic heterocycles. The summed E-state index contributed by atoms with van der Waals surface area (Å²) in [4.78, 5) is 29.6. The van der Waals surface area contributed by atoms with Crippen molar-refractivity contribution in [3.05, 3.63) is 59.6 Å². The van der Waals surface area contributed by atoms with Gasteiger partial charge in [0.15, 0.2) is 0 Å². The summed E-state index contributed by atoms with van der Waals surface area (Å²) in [5.74, 6) is -0.868. The van der Waals surface area contributed by atoms with Gasteiger partial charge in [0, 0.05) is 45.0 Å². The van der Waals surface area contributed by atoms with Gasteiger partial charge in [-0.15, -0.1) is 6.58 Å². The lowest BCUT2D eigenvalue weighted by atomic mass is 9.94. The van der Waals surface area contributed by atoms with Crippen molar-refractivity contribution in [1.29, 1.82) is 0 Å². The Labute approximate surface area is 170 Å². The molecular formula is C21H27FN4O3. The molecule has 0 saturated carbocycles. The van der Waals surface area contributed by atoms with Crippen molar-refractivity contribution in [1.82, 2.24) is 20.4 Å². The number of carbonyl (C=O) groups excluding carboxylic acids is 2. The lowest BCUT2D eigenvalue weighted by Crippen LogP contribution is -2.52. The smallest absolute Gasteiger partial charge is 0.338 e. The van der Waals surface area contributed by atoms with Crippen LogP contribution in [0, 0.1) is 5.82 Å². The molecule has 1 aromatic carbocycles. The van der Waals surface area contributed by atoms with E-state index in [2.05, 4.69) is 22.1 Å². The number of ether oxygens (including phenoxy) is 1. The number of nitrogens with one attached hydrogen (secondary N) is 2. The molecule has 156 valence electrons. The number of esters is 1. The highest BCUT2D eigenvalue weighted by Crippen LogP contribution is 2.32. The number of benzene rings is 1. The van der Waals surface area contributed by atoms with E-state index in [1.807, 2.05) is 0 Å². The van der Waals surface area contributed by atoms with Gasteiger partial charge >= 0.3 is 12.0 Å². The topological polar surface area (TPSA) is 73.9 Å². The number of hydrogen-bond donors (Lipinski definition) is 2. The Morgan fingerprint density at radius 1 is 1.31 bits per heavy atom. The fourth-order valence-corrected chi connectivity index (χ4v) is 3.63. The van der Waals surface area contributed by atoms with Gasteiger partial charge in [-0.05, 0) is 24.6 Å². The van der Waals surface area contributed by atoms with Crippen LogP contribution < -0.4 is 10.6 Å². The van der Waals surface area contributed by atoms with Gasteiger partial charge in [-0.25, -0.2) is 14.0 Å². The average Bonchev–Trinajstić information content (AvgIpc) is 2.72. The van der Waals surface area contributed by atoms with Gasteiger partial charge in [0.2, 0.25) is 0 Å². The summed E-state index contributed by atoms with van der Waals surface area (Å²) < 4.78 is 18.8. The Bertz CT molecular complexity index is 788. The van der Waals surface area contributed by atoms with Crippen LogP contribution in [0.3, 0.4) is 0 Å². The summed E-state index contributed by atoms with van der Waals surface area (Å²) in [6.07, 6.45) is 1.62. The lowest BCUT2D eigenvalue weighted by molar-refractivity contribution is -0.139.